The summed E-state index contributed by atoms with van der Waals surface area (Å²) >= 11 is 0. The molecule has 1 aromatic rings. The van der Waals surface area contributed by atoms with Gasteiger partial charge in [-0.2, -0.15) is 0 Å². The number of piperidine rings is 1. The summed E-state index contributed by atoms with van der Waals surface area (Å²) < 4.78 is 11.4. The summed E-state index contributed by atoms with van der Waals surface area (Å²) in [4.78, 5) is 27.9. The first-order valence-electron chi connectivity index (χ1n) is 9.19. The highest BCUT2D eigenvalue weighted by atomic mass is 16.7. The van der Waals surface area contributed by atoms with E-state index in [4.69, 9.17) is 9.47 Å². The van der Waals surface area contributed by atoms with Gasteiger partial charge in [0, 0.05) is 10.5 Å². The van der Waals surface area contributed by atoms with Crippen molar-refractivity contribution in [2.75, 3.05) is 44.5 Å². The lowest BCUT2D eigenvalue weighted by Crippen LogP contribution is -2.61. The fourth-order valence-electron chi connectivity index (χ4n) is 3.92. The van der Waals surface area contributed by atoms with Gasteiger partial charge in [0.2, 0.25) is 0 Å². The Hall–Kier alpha value is -2.07. The number of aliphatic hydroxyl groups excluding tert-OH is 1. The van der Waals surface area contributed by atoms with Crippen molar-refractivity contribution >= 4 is 11.6 Å². The quantitative estimate of drug-likeness (QED) is 0.608. The molecule has 9 nitrogen and oxygen atoms in total. The van der Waals surface area contributed by atoms with Crippen LogP contribution in [0.15, 0.2) is 24.3 Å². The molecular weight excluding hydrogens is 354 g/mol. The number of aliphatic hydroxyl groups is 1. The van der Waals surface area contributed by atoms with Gasteiger partial charge in [0.15, 0.2) is 0 Å². The minimum atomic E-state index is -1.75. The number of nitro groups is 1. The lowest BCUT2D eigenvalue weighted by atomic mass is 10.00. The van der Waals surface area contributed by atoms with Gasteiger partial charge in [0.05, 0.1) is 12.4 Å². The number of carbonyl (C=O) groups excluding carboxylic acids is 1. The minimum Gasteiger partial charge on any atom is -0.389 e. The maximum atomic E-state index is 13.3. The van der Waals surface area contributed by atoms with Gasteiger partial charge in [-0.15, -0.1) is 0 Å². The molecule has 27 heavy (non-hydrogen) atoms. The number of nitrogens with zero attached hydrogens (tertiary/aromatic N) is 3. The number of amides is 1. The topological polar surface area (TPSA) is 105 Å². The Morgan fingerprint density at radius 3 is 2.44 bits per heavy atom. The van der Waals surface area contributed by atoms with E-state index in [9.17, 15) is 20.0 Å². The molecule has 1 aromatic carbocycles. The Balaban J connectivity index is 1.63. The third kappa shape index (κ3) is 2.82. The average Bonchev–Trinajstić information content (AvgIpc) is 2.93. The molecule has 0 atom stereocenters. The van der Waals surface area contributed by atoms with Crippen molar-refractivity contribution in [3.8, 4) is 0 Å². The monoisotopic (exact) mass is 377 g/mol. The molecule has 2 fully saturated rings. The van der Waals surface area contributed by atoms with Gasteiger partial charge in [-0.25, -0.2) is 0 Å². The van der Waals surface area contributed by atoms with Gasteiger partial charge in [0.25, 0.3) is 17.2 Å². The molecule has 2 saturated heterocycles. The zero-order valence-electron chi connectivity index (χ0n) is 15.0. The van der Waals surface area contributed by atoms with Crippen molar-refractivity contribution < 1.29 is 24.3 Å². The number of fused-ring (bicyclic) bond motifs is 2. The second-order valence-corrected chi connectivity index (χ2v) is 7.40. The lowest BCUT2D eigenvalue weighted by molar-refractivity contribution is -0.598. The van der Waals surface area contributed by atoms with Crippen molar-refractivity contribution in [1.82, 2.24) is 4.90 Å². The minimum absolute atomic E-state index is 0.371. The van der Waals surface area contributed by atoms with Gasteiger partial charge in [0.1, 0.15) is 19.8 Å². The maximum Gasteiger partial charge on any atom is 0.293 e. The molecular formula is C18H23N3O6. The molecule has 0 radical (unpaired) electrons. The summed E-state index contributed by atoms with van der Waals surface area (Å²) in [5.74, 6) is -2.05. The first-order valence-corrected chi connectivity index (χ1v) is 9.19. The number of rotatable bonds is 4. The summed E-state index contributed by atoms with van der Waals surface area (Å²) in [5, 5.41) is 20.8. The molecule has 4 rings (SSSR count). The molecule has 1 spiro atoms. The number of anilines is 1. The van der Waals surface area contributed by atoms with Gasteiger partial charge >= 0.3 is 0 Å². The van der Waals surface area contributed by atoms with E-state index in [0.717, 1.165) is 25.9 Å². The van der Waals surface area contributed by atoms with Crippen molar-refractivity contribution in [3.63, 3.8) is 0 Å². The Morgan fingerprint density at radius 1 is 1.15 bits per heavy atom. The van der Waals surface area contributed by atoms with Crippen molar-refractivity contribution in [2.24, 2.45) is 0 Å². The van der Waals surface area contributed by atoms with Crippen LogP contribution in [0.2, 0.25) is 0 Å². The number of carbonyl (C=O) groups is 1. The first kappa shape index (κ1) is 18.3. The highest BCUT2D eigenvalue weighted by Gasteiger charge is 2.61. The summed E-state index contributed by atoms with van der Waals surface area (Å²) in [6.07, 6.45) is 3.40. The molecule has 3 heterocycles. The molecule has 0 bridgehead atoms. The van der Waals surface area contributed by atoms with E-state index in [-0.39, 0.29) is 5.91 Å². The highest BCUT2D eigenvalue weighted by molar-refractivity contribution is 6.06. The van der Waals surface area contributed by atoms with E-state index in [1.807, 2.05) is 12.1 Å². The molecule has 9 heteroatoms. The molecule has 146 valence electrons. The molecule has 1 amide bonds. The third-order valence-corrected chi connectivity index (χ3v) is 5.64. The van der Waals surface area contributed by atoms with Crippen LogP contribution >= 0.6 is 0 Å². The van der Waals surface area contributed by atoms with Crippen LogP contribution in [0.25, 0.3) is 0 Å². The van der Waals surface area contributed by atoms with Crippen LogP contribution in [-0.4, -0.2) is 66.0 Å². The second kappa shape index (κ2) is 6.83. The van der Waals surface area contributed by atoms with Crippen LogP contribution in [-0.2, 0) is 20.1 Å². The fourth-order valence-corrected chi connectivity index (χ4v) is 3.92. The Bertz CT molecular complexity index is 740. The second-order valence-electron chi connectivity index (χ2n) is 7.40. The van der Waals surface area contributed by atoms with Crippen LogP contribution in [0.5, 0.6) is 0 Å². The molecule has 3 aliphatic rings. The van der Waals surface area contributed by atoms with Gasteiger partial charge in [-0.1, -0.05) is 24.6 Å². The smallest absolute Gasteiger partial charge is 0.293 e. The summed E-state index contributed by atoms with van der Waals surface area (Å²) in [6, 6.07) is 7.21. The van der Waals surface area contributed by atoms with Crippen LogP contribution in [0.1, 0.15) is 24.8 Å². The predicted molar refractivity (Wildman–Crippen MR) is 94.6 cm³/mol. The molecule has 0 saturated carbocycles. The van der Waals surface area contributed by atoms with E-state index >= 15 is 0 Å². The molecule has 1 N–H and O–H groups in total. The van der Waals surface area contributed by atoms with Gasteiger partial charge in [-0.05, 0) is 32.0 Å². The molecule has 3 aliphatic heterocycles. The van der Waals surface area contributed by atoms with E-state index < -0.39 is 36.1 Å². The molecule has 0 unspecified atom stereocenters. The van der Waals surface area contributed by atoms with Crippen LogP contribution in [0, 0.1) is 10.1 Å². The van der Waals surface area contributed by atoms with Crippen molar-refractivity contribution in [2.45, 2.75) is 30.6 Å². The van der Waals surface area contributed by atoms with Gasteiger partial charge < -0.3 is 14.6 Å². The first-order chi connectivity index (χ1) is 13.0. The number of para-hydroxylation sites is 1. The standard InChI is InChI=1S/C18H23N3O6/c22-10-17(21(24)25)11-26-18(27-12-17)14-6-2-3-7-15(14)20(16(18)23)13-19-8-4-1-5-9-19/h2-3,6-7,22H,1,4-5,8-13H2. The summed E-state index contributed by atoms with van der Waals surface area (Å²) in [7, 11) is 0. The SMILES string of the molecule is O=C1N(CN2CCCCC2)c2ccccc2C12OCC(CO)([N+](=O)[O-])CO2. The summed E-state index contributed by atoms with van der Waals surface area (Å²) in [5.41, 5.74) is -0.492. The lowest BCUT2D eigenvalue weighted by Gasteiger charge is -2.38. The Kier molecular flexibility index (Phi) is 4.63. The number of benzene rings is 1. The third-order valence-electron chi connectivity index (χ3n) is 5.64. The van der Waals surface area contributed by atoms with Gasteiger partial charge in [-0.3, -0.25) is 24.7 Å². The molecule has 0 aliphatic carbocycles. The molecule has 0 aromatic heterocycles. The number of ether oxygens (including phenoxy) is 2. The van der Waals surface area contributed by atoms with Crippen LogP contribution < -0.4 is 4.90 Å². The normalized spacial score (nSPS) is 31.3. The zero-order valence-corrected chi connectivity index (χ0v) is 15.0. The van der Waals surface area contributed by atoms with Crippen molar-refractivity contribution in [1.29, 1.82) is 0 Å². The van der Waals surface area contributed by atoms with E-state index in [0.29, 0.717) is 17.9 Å². The fraction of sp³-hybridized carbons (Fsp3) is 0.611. The van der Waals surface area contributed by atoms with E-state index in [1.54, 1.807) is 17.0 Å². The predicted octanol–water partition coefficient (Wildman–Crippen LogP) is 0.684. The maximum absolute atomic E-state index is 13.3. The number of likely N-dealkylation sites (tertiary alicyclic amines) is 1. The van der Waals surface area contributed by atoms with Crippen LogP contribution in [0.3, 0.4) is 0 Å². The average molecular weight is 377 g/mol. The Labute approximate surface area is 156 Å². The van der Waals surface area contributed by atoms with Crippen molar-refractivity contribution in [3.05, 3.63) is 39.9 Å². The highest BCUT2D eigenvalue weighted by Crippen LogP contribution is 2.46. The van der Waals surface area contributed by atoms with Crippen LogP contribution in [0.4, 0.5) is 5.69 Å². The Morgan fingerprint density at radius 2 is 1.81 bits per heavy atom. The van der Waals surface area contributed by atoms with E-state index in [2.05, 4.69) is 4.90 Å². The number of hydrogen-bond donors (Lipinski definition) is 1. The number of hydrogen-bond acceptors (Lipinski definition) is 7. The largest absolute Gasteiger partial charge is 0.389 e. The zero-order chi connectivity index (χ0) is 19.1. The van der Waals surface area contributed by atoms with E-state index in [1.165, 1.54) is 6.42 Å². The summed E-state index contributed by atoms with van der Waals surface area (Å²) in [6.45, 7) is 0.779.